The number of nitrogens with zero attached hydrogens (tertiary/aromatic N) is 1. The first-order chi connectivity index (χ1) is 7.77. The third kappa shape index (κ3) is 4.03. The number of nitriles is 1. The van der Waals surface area contributed by atoms with Crippen molar-refractivity contribution in [1.82, 2.24) is 0 Å². The van der Waals surface area contributed by atoms with Gasteiger partial charge in [-0.3, -0.25) is 4.21 Å². The van der Waals surface area contributed by atoms with Crippen molar-refractivity contribution in [3.8, 4) is 11.8 Å². The van der Waals surface area contributed by atoms with Gasteiger partial charge in [0.25, 0.3) is 0 Å². The van der Waals surface area contributed by atoms with E-state index in [1.165, 1.54) is 0 Å². The molecule has 0 saturated carbocycles. The van der Waals surface area contributed by atoms with Crippen LogP contribution in [-0.4, -0.2) is 17.1 Å². The number of unbranched alkanes of at least 4 members (excludes halogenated alkanes) is 2. The van der Waals surface area contributed by atoms with Crippen LogP contribution in [0.2, 0.25) is 0 Å². The Morgan fingerprint density at radius 1 is 1.31 bits per heavy atom. The Bertz CT molecular complexity index is 381. The largest absolute Gasteiger partial charge is 0.497 e. The molecular formula is C12H15NO2S. The average molecular weight is 237 g/mol. The molecule has 0 aliphatic heterocycles. The average Bonchev–Trinajstić information content (AvgIpc) is 2.34. The van der Waals surface area contributed by atoms with Gasteiger partial charge < -0.3 is 4.74 Å². The minimum Gasteiger partial charge on any atom is -0.497 e. The summed E-state index contributed by atoms with van der Waals surface area (Å²) in [5, 5.41) is 8.37. The summed E-state index contributed by atoms with van der Waals surface area (Å²) < 4.78 is 16.8. The second-order valence-electron chi connectivity index (χ2n) is 3.34. The Hall–Kier alpha value is -1.34. The lowest BCUT2D eigenvalue weighted by Crippen LogP contribution is -1.98. The van der Waals surface area contributed by atoms with Crippen LogP contribution in [0.3, 0.4) is 0 Å². The van der Waals surface area contributed by atoms with Crippen LogP contribution >= 0.6 is 0 Å². The molecule has 0 aliphatic rings. The second kappa shape index (κ2) is 7.02. The van der Waals surface area contributed by atoms with Gasteiger partial charge in [-0.1, -0.05) is 0 Å². The van der Waals surface area contributed by atoms with Crippen LogP contribution in [-0.2, 0) is 10.8 Å². The van der Waals surface area contributed by atoms with E-state index in [0.717, 1.165) is 23.5 Å². The van der Waals surface area contributed by atoms with Gasteiger partial charge in [0, 0.05) is 17.1 Å². The van der Waals surface area contributed by atoms with Crippen LogP contribution < -0.4 is 4.74 Å². The SMILES string of the molecule is COc1ccc(S(=O)CCCCC#N)cc1. The zero-order chi connectivity index (χ0) is 11.8. The molecule has 0 spiro atoms. The van der Waals surface area contributed by atoms with Crippen molar-refractivity contribution >= 4 is 10.8 Å². The molecule has 0 amide bonds. The molecule has 0 aromatic heterocycles. The van der Waals surface area contributed by atoms with Crippen molar-refractivity contribution in [2.45, 2.75) is 24.2 Å². The molecule has 0 aliphatic carbocycles. The lowest BCUT2D eigenvalue weighted by atomic mass is 10.3. The normalized spacial score (nSPS) is 11.8. The summed E-state index contributed by atoms with van der Waals surface area (Å²) in [7, 11) is 0.643. The topological polar surface area (TPSA) is 50.1 Å². The molecule has 1 aromatic rings. The summed E-state index contributed by atoms with van der Waals surface area (Å²) in [4.78, 5) is 0.817. The third-order valence-electron chi connectivity index (χ3n) is 2.19. The van der Waals surface area contributed by atoms with Crippen LogP contribution in [0.1, 0.15) is 19.3 Å². The van der Waals surface area contributed by atoms with E-state index in [-0.39, 0.29) is 0 Å². The Kier molecular flexibility index (Phi) is 5.58. The molecule has 3 nitrogen and oxygen atoms in total. The Morgan fingerprint density at radius 3 is 2.56 bits per heavy atom. The summed E-state index contributed by atoms with van der Waals surface area (Å²) >= 11 is 0. The maximum Gasteiger partial charge on any atom is 0.118 e. The van der Waals surface area contributed by atoms with E-state index in [9.17, 15) is 4.21 Å². The number of benzene rings is 1. The Balaban J connectivity index is 2.44. The molecule has 1 aromatic carbocycles. The molecule has 0 saturated heterocycles. The van der Waals surface area contributed by atoms with Gasteiger partial charge in [0.15, 0.2) is 0 Å². The van der Waals surface area contributed by atoms with E-state index >= 15 is 0 Å². The third-order valence-corrected chi connectivity index (χ3v) is 3.65. The van der Waals surface area contributed by atoms with Crippen molar-refractivity contribution in [2.24, 2.45) is 0 Å². The highest BCUT2D eigenvalue weighted by Crippen LogP contribution is 2.15. The molecule has 0 heterocycles. The summed E-state index contributed by atoms with van der Waals surface area (Å²) in [5.74, 6) is 1.39. The van der Waals surface area contributed by atoms with E-state index in [1.54, 1.807) is 7.11 Å². The van der Waals surface area contributed by atoms with Crippen molar-refractivity contribution in [3.05, 3.63) is 24.3 Å². The highest BCUT2D eigenvalue weighted by Gasteiger charge is 2.03. The van der Waals surface area contributed by atoms with Gasteiger partial charge in [-0.25, -0.2) is 0 Å². The van der Waals surface area contributed by atoms with E-state index in [1.807, 2.05) is 24.3 Å². The van der Waals surface area contributed by atoms with Crippen molar-refractivity contribution < 1.29 is 8.95 Å². The van der Waals surface area contributed by atoms with Gasteiger partial charge in [0.1, 0.15) is 5.75 Å². The van der Waals surface area contributed by atoms with Crippen LogP contribution in [0.25, 0.3) is 0 Å². The van der Waals surface area contributed by atoms with E-state index < -0.39 is 10.8 Å². The van der Waals surface area contributed by atoms with Gasteiger partial charge in [-0.05, 0) is 37.1 Å². The molecule has 1 unspecified atom stereocenters. The van der Waals surface area contributed by atoms with Gasteiger partial charge in [-0.15, -0.1) is 0 Å². The summed E-state index contributed by atoms with van der Waals surface area (Å²) in [6.07, 6.45) is 2.18. The van der Waals surface area contributed by atoms with Crippen LogP contribution in [0, 0.1) is 11.3 Å². The molecule has 16 heavy (non-hydrogen) atoms. The maximum absolute atomic E-state index is 11.8. The van der Waals surface area contributed by atoms with Gasteiger partial charge in [0.05, 0.1) is 24.0 Å². The first-order valence-corrected chi connectivity index (χ1v) is 6.49. The fourth-order valence-corrected chi connectivity index (χ4v) is 2.42. The highest BCUT2D eigenvalue weighted by molar-refractivity contribution is 7.85. The molecule has 0 N–H and O–H groups in total. The minimum atomic E-state index is -0.962. The Labute approximate surface area is 98.5 Å². The first-order valence-electron chi connectivity index (χ1n) is 5.17. The standard InChI is InChI=1S/C12H15NO2S/c1-15-11-5-7-12(8-6-11)16(14)10-4-2-3-9-13/h5-8H,2-4,10H2,1H3. The molecule has 0 bridgehead atoms. The van der Waals surface area contributed by atoms with Crippen LogP contribution in [0.5, 0.6) is 5.75 Å². The maximum atomic E-state index is 11.8. The smallest absolute Gasteiger partial charge is 0.118 e. The number of hydrogen-bond acceptors (Lipinski definition) is 3. The zero-order valence-corrected chi connectivity index (χ0v) is 10.1. The number of hydrogen-bond donors (Lipinski definition) is 0. The lowest BCUT2D eigenvalue weighted by molar-refractivity contribution is 0.414. The van der Waals surface area contributed by atoms with Crippen molar-refractivity contribution in [3.63, 3.8) is 0 Å². The predicted molar refractivity (Wildman–Crippen MR) is 63.7 cm³/mol. The minimum absolute atomic E-state index is 0.541. The number of rotatable bonds is 6. The number of ether oxygens (including phenoxy) is 1. The summed E-state index contributed by atoms with van der Waals surface area (Å²) in [6, 6.07) is 9.33. The monoisotopic (exact) mass is 237 g/mol. The molecule has 86 valence electrons. The van der Waals surface area contributed by atoms with Gasteiger partial charge >= 0.3 is 0 Å². The number of methoxy groups -OCH3 is 1. The zero-order valence-electron chi connectivity index (χ0n) is 9.31. The molecule has 4 heteroatoms. The lowest BCUT2D eigenvalue weighted by Gasteiger charge is -2.03. The summed E-state index contributed by atoms with van der Waals surface area (Å²) in [6.45, 7) is 0. The highest BCUT2D eigenvalue weighted by atomic mass is 32.2. The molecule has 0 radical (unpaired) electrons. The molecular weight excluding hydrogens is 222 g/mol. The molecule has 1 atom stereocenters. The molecule has 0 fully saturated rings. The fourth-order valence-electron chi connectivity index (χ4n) is 1.28. The predicted octanol–water partition coefficient (Wildman–Crippen LogP) is 2.50. The van der Waals surface area contributed by atoms with E-state index in [4.69, 9.17) is 10.00 Å². The first kappa shape index (κ1) is 12.7. The molecule has 1 rings (SSSR count). The van der Waals surface area contributed by atoms with E-state index in [0.29, 0.717) is 12.2 Å². The van der Waals surface area contributed by atoms with Crippen LogP contribution in [0.4, 0.5) is 0 Å². The van der Waals surface area contributed by atoms with Crippen LogP contribution in [0.15, 0.2) is 29.2 Å². The Morgan fingerprint density at radius 2 is 2.00 bits per heavy atom. The van der Waals surface area contributed by atoms with Crippen molar-refractivity contribution in [1.29, 1.82) is 5.26 Å². The van der Waals surface area contributed by atoms with Gasteiger partial charge in [-0.2, -0.15) is 5.26 Å². The van der Waals surface area contributed by atoms with Crippen molar-refractivity contribution in [2.75, 3.05) is 12.9 Å². The fraction of sp³-hybridized carbons (Fsp3) is 0.417. The summed E-state index contributed by atoms with van der Waals surface area (Å²) in [5.41, 5.74) is 0. The van der Waals surface area contributed by atoms with E-state index in [2.05, 4.69) is 6.07 Å². The quantitative estimate of drug-likeness (QED) is 0.714. The van der Waals surface area contributed by atoms with Gasteiger partial charge in [0.2, 0.25) is 0 Å². The second-order valence-corrected chi connectivity index (χ2v) is 4.91.